The molecule has 0 aliphatic carbocycles. The van der Waals surface area contributed by atoms with Crippen LogP contribution in [0.4, 0.5) is 10.5 Å². The summed E-state index contributed by atoms with van der Waals surface area (Å²) in [5, 5.41) is 0.646. The molecule has 0 spiro atoms. The number of amides is 3. The lowest BCUT2D eigenvalue weighted by Gasteiger charge is -2.29. The van der Waals surface area contributed by atoms with Crippen LogP contribution in [-0.4, -0.2) is 38.8 Å². The van der Waals surface area contributed by atoms with Gasteiger partial charge in [0.05, 0.1) is 26.2 Å². The number of unbranched alkanes of at least 4 members (excludes halogenated alkanes) is 2. The number of rotatable bonds is 11. The number of hydrogen-bond acceptors (Lipinski definition) is 4. The van der Waals surface area contributed by atoms with Crippen molar-refractivity contribution in [3.63, 3.8) is 0 Å². The van der Waals surface area contributed by atoms with Crippen LogP contribution in [0.15, 0.2) is 102 Å². The Bertz CT molecular complexity index is 1690. The fraction of sp³-hybridized carbons (Fsp3) is 0.212. The van der Waals surface area contributed by atoms with Gasteiger partial charge in [-0.15, -0.1) is 0 Å². The van der Waals surface area contributed by atoms with Crippen molar-refractivity contribution in [2.24, 2.45) is 0 Å². The normalized spacial score (nSPS) is 11.2. The molecule has 0 unspecified atom stereocenters. The van der Waals surface area contributed by atoms with Crippen molar-refractivity contribution in [2.75, 3.05) is 18.5 Å². The largest absolute Gasteiger partial charge is 0.324 e. The molecular formula is C33H33Cl2N3O4S. The van der Waals surface area contributed by atoms with Crippen LogP contribution in [0.3, 0.4) is 0 Å². The minimum Gasteiger partial charge on any atom is -0.320 e. The number of halogens is 2. The summed E-state index contributed by atoms with van der Waals surface area (Å²) in [6.45, 7) is 3.06. The second kappa shape index (κ2) is 14.6. The smallest absolute Gasteiger partial charge is 0.320 e. The van der Waals surface area contributed by atoms with E-state index in [1.165, 1.54) is 18.2 Å². The molecule has 4 aromatic carbocycles. The lowest BCUT2D eigenvalue weighted by atomic mass is 10.0. The van der Waals surface area contributed by atoms with Crippen molar-refractivity contribution in [1.29, 1.82) is 0 Å². The predicted octanol–water partition coefficient (Wildman–Crippen LogP) is 8.03. The minimum absolute atomic E-state index is 0.0408. The Labute approximate surface area is 263 Å². The average molecular weight is 639 g/mol. The molecule has 3 amide bonds. The Balaban J connectivity index is 1.56. The first-order valence-electron chi connectivity index (χ1n) is 13.9. The van der Waals surface area contributed by atoms with Gasteiger partial charge in [0.2, 0.25) is 0 Å². The Kier molecular flexibility index (Phi) is 10.9. The van der Waals surface area contributed by atoms with Gasteiger partial charge in [-0.25, -0.2) is 17.9 Å². The fourth-order valence-electron chi connectivity index (χ4n) is 4.66. The van der Waals surface area contributed by atoms with E-state index >= 15 is 0 Å². The number of benzene rings is 4. The van der Waals surface area contributed by atoms with Crippen molar-refractivity contribution in [3.8, 4) is 11.1 Å². The zero-order valence-corrected chi connectivity index (χ0v) is 26.3. The monoisotopic (exact) mass is 637 g/mol. The van der Waals surface area contributed by atoms with E-state index in [1.807, 2.05) is 42.5 Å². The molecule has 43 heavy (non-hydrogen) atoms. The van der Waals surface area contributed by atoms with Crippen LogP contribution in [0.1, 0.15) is 42.1 Å². The Morgan fingerprint density at radius 3 is 2.09 bits per heavy atom. The molecule has 0 aliphatic heterocycles. The fourth-order valence-corrected chi connectivity index (χ4v) is 6.34. The summed E-state index contributed by atoms with van der Waals surface area (Å²) >= 11 is 12.5. The molecule has 0 saturated heterocycles. The summed E-state index contributed by atoms with van der Waals surface area (Å²) in [6, 6.07) is 27.1. The van der Waals surface area contributed by atoms with Gasteiger partial charge in [-0.1, -0.05) is 110 Å². The summed E-state index contributed by atoms with van der Waals surface area (Å²) < 4.78 is 28.7. The zero-order valence-electron chi connectivity index (χ0n) is 24.0. The van der Waals surface area contributed by atoms with Gasteiger partial charge in [-0.05, 0) is 47.9 Å². The summed E-state index contributed by atoms with van der Waals surface area (Å²) in [4.78, 5) is 29.6. The Morgan fingerprint density at radius 1 is 0.791 bits per heavy atom. The number of sulfonamides is 1. The van der Waals surface area contributed by atoms with E-state index in [0.29, 0.717) is 34.9 Å². The summed E-state index contributed by atoms with van der Waals surface area (Å²) in [5.41, 5.74) is 2.65. The molecule has 0 aliphatic rings. The molecule has 0 radical (unpaired) electrons. The number of nitrogens with zero attached hydrogens (tertiary/aromatic N) is 2. The van der Waals surface area contributed by atoms with Crippen molar-refractivity contribution in [1.82, 2.24) is 9.62 Å². The third kappa shape index (κ3) is 7.96. The maximum atomic E-state index is 13.5. The maximum absolute atomic E-state index is 13.5. The molecule has 0 saturated carbocycles. The van der Waals surface area contributed by atoms with Gasteiger partial charge in [-0.3, -0.25) is 9.69 Å². The molecule has 0 aromatic heterocycles. The first kappa shape index (κ1) is 32.1. The zero-order chi connectivity index (χ0) is 31.0. The number of nitrogens with one attached hydrogen (secondary N) is 1. The van der Waals surface area contributed by atoms with Crippen LogP contribution in [0.5, 0.6) is 0 Å². The lowest BCUT2D eigenvalue weighted by molar-refractivity contribution is 0.0981. The molecule has 7 nitrogen and oxygen atoms in total. The third-order valence-corrected chi connectivity index (χ3v) is 9.00. The highest BCUT2D eigenvalue weighted by atomic mass is 35.5. The number of hydrogen-bond donors (Lipinski definition) is 1. The molecule has 4 rings (SSSR count). The molecule has 0 fully saturated rings. The van der Waals surface area contributed by atoms with Crippen LogP contribution < -0.4 is 9.62 Å². The SMILES string of the molecule is CCCCCN(Cc1ccc(-c2ccccc2S(=O)(=O)NC(=O)c2ccccc2Cl)cc1)C(=O)N(C)c1ccccc1Cl. The molecular weight excluding hydrogens is 605 g/mol. The second-order valence-electron chi connectivity index (χ2n) is 10.0. The van der Waals surface area contributed by atoms with Crippen molar-refractivity contribution in [2.45, 2.75) is 37.6 Å². The summed E-state index contributed by atoms with van der Waals surface area (Å²) in [5.74, 6) is -0.814. The van der Waals surface area contributed by atoms with E-state index in [2.05, 4.69) is 11.6 Å². The van der Waals surface area contributed by atoms with Crippen molar-refractivity contribution >= 4 is 50.9 Å². The molecule has 0 atom stereocenters. The van der Waals surface area contributed by atoms with E-state index < -0.39 is 15.9 Å². The van der Waals surface area contributed by atoms with Gasteiger partial charge in [0.15, 0.2) is 0 Å². The highest BCUT2D eigenvalue weighted by Crippen LogP contribution is 2.29. The van der Waals surface area contributed by atoms with Crippen molar-refractivity contribution in [3.05, 3.63) is 118 Å². The molecule has 1 N–H and O–H groups in total. The van der Waals surface area contributed by atoms with Gasteiger partial charge in [-0.2, -0.15) is 0 Å². The topological polar surface area (TPSA) is 86.8 Å². The number of carbonyl (C=O) groups is 2. The van der Waals surface area contributed by atoms with Crippen LogP contribution in [0.2, 0.25) is 10.0 Å². The third-order valence-electron chi connectivity index (χ3n) is 6.96. The first-order chi connectivity index (χ1) is 20.6. The minimum atomic E-state index is -4.22. The van der Waals surface area contributed by atoms with E-state index in [1.54, 1.807) is 53.2 Å². The van der Waals surface area contributed by atoms with Crippen LogP contribution in [0, 0.1) is 0 Å². The molecule has 224 valence electrons. The number of anilines is 1. The van der Waals surface area contributed by atoms with Crippen LogP contribution in [0.25, 0.3) is 11.1 Å². The predicted molar refractivity (Wildman–Crippen MR) is 173 cm³/mol. The number of urea groups is 1. The van der Waals surface area contributed by atoms with E-state index in [-0.39, 0.29) is 21.5 Å². The summed E-state index contributed by atoms with van der Waals surface area (Å²) in [6.07, 6.45) is 2.89. The first-order valence-corrected chi connectivity index (χ1v) is 16.1. The van der Waals surface area contributed by atoms with Crippen LogP contribution >= 0.6 is 23.2 Å². The standard InChI is InChI=1S/C33H33Cl2N3O4S/c1-3-4-11-22-38(33(40)37(2)30-16-9-8-15-29(30)35)23-24-18-20-25(21-19-24)26-12-6-10-17-31(26)43(41,42)36-32(39)27-13-5-7-14-28(27)34/h5-10,12-21H,3-4,11,22-23H2,1-2H3,(H,36,39). The average Bonchev–Trinajstić information content (AvgIpc) is 3.00. The van der Waals surface area contributed by atoms with Crippen LogP contribution in [-0.2, 0) is 16.6 Å². The maximum Gasteiger partial charge on any atom is 0.324 e. The highest BCUT2D eigenvalue weighted by Gasteiger charge is 2.24. The van der Waals surface area contributed by atoms with Gasteiger partial charge in [0, 0.05) is 25.7 Å². The molecule has 0 bridgehead atoms. The molecule has 4 aromatic rings. The quantitative estimate of drug-likeness (QED) is 0.169. The Morgan fingerprint density at radius 2 is 1.42 bits per heavy atom. The number of carbonyl (C=O) groups excluding carboxylic acids is 2. The number of para-hydroxylation sites is 1. The molecule has 10 heteroatoms. The lowest BCUT2D eigenvalue weighted by Crippen LogP contribution is -2.41. The van der Waals surface area contributed by atoms with Gasteiger partial charge in [0.1, 0.15) is 0 Å². The Hall–Kier alpha value is -3.85. The highest BCUT2D eigenvalue weighted by molar-refractivity contribution is 7.90. The van der Waals surface area contributed by atoms with Gasteiger partial charge >= 0.3 is 6.03 Å². The second-order valence-corrected chi connectivity index (χ2v) is 12.5. The van der Waals surface area contributed by atoms with E-state index in [0.717, 1.165) is 24.8 Å². The van der Waals surface area contributed by atoms with Crippen molar-refractivity contribution < 1.29 is 18.0 Å². The van der Waals surface area contributed by atoms with E-state index in [9.17, 15) is 18.0 Å². The van der Waals surface area contributed by atoms with E-state index in [4.69, 9.17) is 23.2 Å². The summed E-state index contributed by atoms with van der Waals surface area (Å²) in [7, 11) is -2.51. The van der Waals surface area contributed by atoms with Gasteiger partial charge < -0.3 is 4.90 Å². The molecule has 0 heterocycles. The van der Waals surface area contributed by atoms with Gasteiger partial charge in [0.25, 0.3) is 15.9 Å².